The molecule has 0 amide bonds. The molecule has 0 aliphatic heterocycles. The summed E-state index contributed by atoms with van der Waals surface area (Å²) in [6.45, 7) is 6.28. The molecule has 28 heavy (non-hydrogen) atoms. The Morgan fingerprint density at radius 1 is 0.571 bits per heavy atom. The second-order valence-corrected chi connectivity index (χ2v) is 11.0. The van der Waals surface area contributed by atoms with E-state index in [-0.39, 0.29) is 0 Å². The molecule has 3 aliphatic rings. The van der Waals surface area contributed by atoms with Crippen LogP contribution in [-0.2, 0) is 0 Å². The first-order valence-corrected chi connectivity index (χ1v) is 13.4. The SMILES string of the molecule is C=CCCC1CCC(CCCCC2CCC(C3CCC(CC)CC3)CC2)CC1. The average molecular weight is 387 g/mol. The molecule has 0 N–H and O–H groups in total. The minimum Gasteiger partial charge on any atom is -0.103 e. The maximum Gasteiger partial charge on any atom is -0.0351 e. The van der Waals surface area contributed by atoms with Gasteiger partial charge in [0.1, 0.15) is 0 Å². The van der Waals surface area contributed by atoms with Gasteiger partial charge in [0.2, 0.25) is 0 Å². The van der Waals surface area contributed by atoms with Crippen LogP contribution in [0.2, 0.25) is 0 Å². The van der Waals surface area contributed by atoms with E-state index in [0.717, 1.165) is 35.5 Å². The van der Waals surface area contributed by atoms with Gasteiger partial charge in [-0.1, -0.05) is 96.5 Å². The van der Waals surface area contributed by atoms with Crippen molar-refractivity contribution >= 4 is 0 Å². The molecule has 162 valence electrons. The van der Waals surface area contributed by atoms with Crippen molar-refractivity contribution in [2.45, 2.75) is 129 Å². The van der Waals surface area contributed by atoms with E-state index in [2.05, 4.69) is 19.6 Å². The summed E-state index contributed by atoms with van der Waals surface area (Å²) in [5, 5.41) is 0. The van der Waals surface area contributed by atoms with Gasteiger partial charge in [0, 0.05) is 0 Å². The third-order valence-electron chi connectivity index (χ3n) is 9.25. The van der Waals surface area contributed by atoms with Crippen LogP contribution >= 0.6 is 0 Å². The van der Waals surface area contributed by atoms with Gasteiger partial charge in [-0.2, -0.15) is 0 Å². The van der Waals surface area contributed by atoms with E-state index < -0.39 is 0 Å². The van der Waals surface area contributed by atoms with E-state index in [1.807, 2.05) is 0 Å². The minimum absolute atomic E-state index is 1.02. The van der Waals surface area contributed by atoms with Crippen molar-refractivity contribution in [1.29, 1.82) is 0 Å². The van der Waals surface area contributed by atoms with E-state index >= 15 is 0 Å². The Balaban J connectivity index is 1.20. The molecule has 0 spiro atoms. The third-order valence-corrected chi connectivity index (χ3v) is 9.25. The van der Waals surface area contributed by atoms with E-state index in [4.69, 9.17) is 0 Å². The van der Waals surface area contributed by atoms with Crippen LogP contribution in [0.1, 0.15) is 129 Å². The van der Waals surface area contributed by atoms with Crippen LogP contribution in [-0.4, -0.2) is 0 Å². The molecule has 0 nitrogen and oxygen atoms in total. The molecule has 0 unspecified atom stereocenters. The zero-order chi connectivity index (χ0) is 19.6. The molecule has 0 saturated heterocycles. The topological polar surface area (TPSA) is 0 Å². The lowest BCUT2D eigenvalue weighted by Gasteiger charge is -2.37. The summed E-state index contributed by atoms with van der Waals surface area (Å²) in [6, 6.07) is 0. The molecule has 0 heterocycles. The summed E-state index contributed by atoms with van der Waals surface area (Å²) in [6.07, 6.45) is 30.8. The maximum atomic E-state index is 3.88. The Morgan fingerprint density at radius 3 is 1.39 bits per heavy atom. The van der Waals surface area contributed by atoms with Crippen molar-refractivity contribution in [2.75, 3.05) is 0 Å². The highest BCUT2D eigenvalue weighted by Crippen LogP contribution is 2.43. The first-order chi connectivity index (χ1) is 13.8. The lowest BCUT2D eigenvalue weighted by molar-refractivity contribution is 0.141. The van der Waals surface area contributed by atoms with Gasteiger partial charge in [-0.15, -0.1) is 6.58 Å². The van der Waals surface area contributed by atoms with E-state index in [1.54, 1.807) is 44.9 Å². The summed E-state index contributed by atoms with van der Waals surface area (Å²) in [5.41, 5.74) is 0. The van der Waals surface area contributed by atoms with Crippen LogP contribution in [0.4, 0.5) is 0 Å². The molecular weight excluding hydrogens is 336 g/mol. The lowest BCUT2D eigenvalue weighted by atomic mass is 9.68. The summed E-state index contributed by atoms with van der Waals surface area (Å²) in [7, 11) is 0. The highest BCUT2D eigenvalue weighted by Gasteiger charge is 2.30. The van der Waals surface area contributed by atoms with Gasteiger partial charge < -0.3 is 0 Å². The van der Waals surface area contributed by atoms with Crippen LogP contribution in [0.15, 0.2) is 12.7 Å². The second-order valence-electron chi connectivity index (χ2n) is 11.0. The first kappa shape index (κ1) is 22.4. The zero-order valence-electron chi connectivity index (χ0n) is 19.2. The highest BCUT2D eigenvalue weighted by atomic mass is 14.4. The number of allylic oxidation sites excluding steroid dienone is 1. The molecule has 3 saturated carbocycles. The summed E-state index contributed by atoms with van der Waals surface area (Å²) in [5.74, 6) is 6.43. The van der Waals surface area contributed by atoms with Gasteiger partial charge >= 0.3 is 0 Å². The normalized spacial score (nSPS) is 36.9. The van der Waals surface area contributed by atoms with E-state index in [1.165, 1.54) is 77.0 Å². The van der Waals surface area contributed by atoms with Crippen molar-refractivity contribution in [1.82, 2.24) is 0 Å². The van der Waals surface area contributed by atoms with Crippen molar-refractivity contribution in [3.63, 3.8) is 0 Å². The van der Waals surface area contributed by atoms with Gasteiger partial charge in [-0.25, -0.2) is 0 Å². The van der Waals surface area contributed by atoms with Gasteiger partial charge in [0.15, 0.2) is 0 Å². The van der Waals surface area contributed by atoms with Crippen LogP contribution in [0.3, 0.4) is 0 Å². The van der Waals surface area contributed by atoms with Gasteiger partial charge in [-0.3, -0.25) is 0 Å². The number of hydrogen-bond acceptors (Lipinski definition) is 0. The summed E-state index contributed by atoms with van der Waals surface area (Å²) >= 11 is 0. The molecule has 0 radical (unpaired) electrons. The quantitative estimate of drug-likeness (QED) is 0.259. The smallest absolute Gasteiger partial charge is 0.0351 e. The number of unbranched alkanes of at least 4 members (excludes halogenated alkanes) is 1. The van der Waals surface area contributed by atoms with E-state index in [9.17, 15) is 0 Å². The zero-order valence-corrected chi connectivity index (χ0v) is 19.2. The van der Waals surface area contributed by atoms with Crippen molar-refractivity contribution in [2.24, 2.45) is 35.5 Å². The number of hydrogen-bond donors (Lipinski definition) is 0. The Labute approximate surface area is 177 Å². The van der Waals surface area contributed by atoms with Crippen LogP contribution < -0.4 is 0 Å². The van der Waals surface area contributed by atoms with Gasteiger partial charge in [-0.05, 0) is 74.0 Å². The molecule has 0 heteroatoms. The fourth-order valence-corrected chi connectivity index (χ4v) is 7.04. The van der Waals surface area contributed by atoms with Crippen molar-refractivity contribution < 1.29 is 0 Å². The second kappa shape index (κ2) is 12.4. The van der Waals surface area contributed by atoms with Gasteiger partial charge in [0.25, 0.3) is 0 Å². The average Bonchev–Trinajstić information content (AvgIpc) is 2.76. The molecule has 0 atom stereocenters. The van der Waals surface area contributed by atoms with Crippen LogP contribution in [0, 0.1) is 35.5 Å². The molecule has 0 aromatic heterocycles. The molecule has 3 rings (SSSR count). The molecule has 0 bridgehead atoms. The van der Waals surface area contributed by atoms with E-state index in [0.29, 0.717) is 0 Å². The standard InChI is InChI=1S/C28H50/c1-3-5-8-24-11-13-25(14-12-24)9-6-7-10-26-17-21-28(22-18-26)27-19-15-23(4-2)16-20-27/h3,23-28H,1,4-22H2,2H3. The molecule has 3 fully saturated rings. The number of rotatable bonds is 10. The summed E-state index contributed by atoms with van der Waals surface area (Å²) in [4.78, 5) is 0. The fourth-order valence-electron chi connectivity index (χ4n) is 7.04. The van der Waals surface area contributed by atoms with Crippen molar-refractivity contribution in [3.8, 4) is 0 Å². The van der Waals surface area contributed by atoms with Gasteiger partial charge in [0.05, 0.1) is 0 Å². The largest absolute Gasteiger partial charge is 0.103 e. The van der Waals surface area contributed by atoms with Crippen molar-refractivity contribution in [3.05, 3.63) is 12.7 Å². The Hall–Kier alpha value is -0.260. The molecule has 0 aromatic carbocycles. The Bertz CT molecular complexity index is 400. The Morgan fingerprint density at radius 2 is 0.964 bits per heavy atom. The maximum absolute atomic E-state index is 3.88. The fraction of sp³-hybridized carbons (Fsp3) is 0.929. The predicted octanol–water partition coefficient (Wildman–Crippen LogP) is 9.34. The summed E-state index contributed by atoms with van der Waals surface area (Å²) < 4.78 is 0. The predicted molar refractivity (Wildman–Crippen MR) is 125 cm³/mol. The highest BCUT2D eigenvalue weighted by molar-refractivity contribution is 4.82. The first-order valence-electron chi connectivity index (χ1n) is 13.4. The molecule has 3 aliphatic carbocycles. The third kappa shape index (κ3) is 7.21. The Kier molecular flexibility index (Phi) is 9.96. The van der Waals surface area contributed by atoms with Crippen LogP contribution in [0.25, 0.3) is 0 Å². The monoisotopic (exact) mass is 386 g/mol. The van der Waals surface area contributed by atoms with Crippen LogP contribution in [0.5, 0.6) is 0 Å². The minimum atomic E-state index is 1.02. The molecule has 0 aromatic rings. The molecular formula is C28H50. The lowest BCUT2D eigenvalue weighted by Crippen LogP contribution is -2.25.